The summed E-state index contributed by atoms with van der Waals surface area (Å²) in [6.45, 7) is 3.28. The third kappa shape index (κ3) is 3.88. The van der Waals surface area contributed by atoms with Crippen molar-refractivity contribution in [3.63, 3.8) is 0 Å². The standard InChI is InChI=1S/C19H22N4O2S/c24-18(16-3-1-12-26-16)21-15-6-7-17(20-13-15)22-8-2-9-23(11-10-22)19(25)14-4-5-14/h1,3,6-7,12-14H,2,4-5,8-11H2,(H,21,24). The lowest BCUT2D eigenvalue weighted by Gasteiger charge is -2.23. The first-order chi connectivity index (χ1) is 12.7. The van der Waals surface area contributed by atoms with Gasteiger partial charge < -0.3 is 15.1 Å². The molecule has 2 aromatic rings. The zero-order valence-corrected chi connectivity index (χ0v) is 15.4. The molecule has 2 aliphatic rings. The van der Waals surface area contributed by atoms with E-state index in [4.69, 9.17) is 0 Å². The number of anilines is 2. The third-order valence-corrected chi connectivity index (χ3v) is 5.68. The topological polar surface area (TPSA) is 65.5 Å². The predicted molar refractivity (Wildman–Crippen MR) is 103 cm³/mol. The van der Waals surface area contributed by atoms with Crippen LogP contribution in [0.1, 0.15) is 28.9 Å². The van der Waals surface area contributed by atoms with E-state index in [-0.39, 0.29) is 11.8 Å². The van der Waals surface area contributed by atoms with Gasteiger partial charge in [0, 0.05) is 32.1 Å². The molecule has 1 saturated heterocycles. The van der Waals surface area contributed by atoms with E-state index in [9.17, 15) is 9.59 Å². The summed E-state index contributed by atoms with van der Waals surface area (Å²) in [6, 6.07) is 7.47. The fourth-order valence-corrected chi connectivity index (χ4v) is 3.82. The van der Waals surface area contributed by atoms with Gasteiger partial charge in [-0.2, -0.15) is 0 Å². The highest BCUT2D eigenvalue weighted by Gasteiger charge is 2.33. The van der Waals surface area contributed by atoms with E-state index >= 15 is 0 Å². The van der Waals surface area contributed by atoms with Crippen LogP contribution in [0.4, 0.5) is 11.5 Å². The Morgan fingerprint density at radius 3 is 2.69 bits per heavy atom. The average Bonchev–Trinajstić information content (AvgIpc) is 3.42. The molecule has 1 N–H and O–H groups in total. The Labute approximate surface area is 156 Å². The molecule has 2 aromatic heterocycles. The first kappa shape index (κ1) is 17.0. The Hall–Kier alpha value is -2.41. The van der Waals surface area contributed by atoms with Crippen molar-refractivity contribution in [3.05, 3.63) is 40.7 Å². The van der Waals surface area contributed by atoms with Gasteiger partial charge in [-0.05, 0) is 42.8 Å². The molecule has 4 rings (SSSR count). The van der Waals surface area contributed by atoms with Gasteiger partial charge in [-0.15, -0.1) is 11.3 Å². The lowest BCUT2D eigenvalue weighted by atomic mass is 10.3. The Morgan fingerprint density at radius 2 is 2.00 bits per heavy atom. The van der Waals surface area contributed by atoms with Crippen LogP contribution in [-0.4, -0.2) is 47.9 Å². The number of nitrogens with one attached hydrogen (secondary N) is 1. The molecule has 0 radical (unpaired) electrons. The number of hydrogen-bond donors (Lipinski definition) is 1. The largest absolute Gasteiger partial charge is 0.355 e. The Morgan fingerprint density at radius 1 is 1.12 bits per heavy atom. The minimum atomic E-state index is -0.112. The van der Waals surface area contributed by atoms with Crippen molar-refractivity contribution >= 4 is 34.7 Å². The van der Waals surface area contributed by atoms with E-state index in [1.54, 1.807) is 12.3 Å². The van der Waals surface area contributed by atoms with Crippen LogP contribution in [0.2, 0.25) is 0 Å². The van der Waals surface area contributed by atoms with Crippen LogP contribution in [0, 0.1) is 5.92 Å². The van der Waals surface area contributed by atoms with Crippen LogP contribution in [0.5, 0.6) is 0 Å². The molecule has 136 valence electrons. The van der Waals surface area contributed by atoms with Crippen LogP contribution < -0.4 is 10.2 Å². The molecule has 0 bridgehead atoms. The molecule has 3 heterocycles. The zero-order chi connectivity index (χ0) is 17.9. The molecule has 2 amide bonds. The Balaban J connectivity index is 1.35. The number of nitrogens with zero attached hydrogens (tertiary/aromatic N) is 3. The molecular formula is C19H22N4O2S. The lowest BCUT2D eigenvalue weighted by Crippen LogP contribution is -2.36. The molecule has 26 heavy (non-hydrogen) atoms. The van der Waals surface area contributed by atoms with Gasteiger partial charge in [-0.3, -0.25) is 9.59 Å². The van der Waals surface area contributed by atoms with Crippen LogP contribution in [-0.2, 0) is 4.79 Å². The van der Waals surface area contributed by atoms with Gasteiger partial charge in [0.1, 0.15) is 5.82 Å². The summed E-state index contributed by atoms with van der Waals surface area (Å²) in [5.41, 5.74) is 0.688. The number of amides is 2. The molecule has 0 aromatic carbocycles. The fourth-order valence-electron chi connectivity index (χ4n) is 3.20. The lowest BCUT2D eigenvalue weighted by molar-refractivity contribution is -0.132. The highest BCUT2D eigenvalue weighted by Crippen LogP contribution is 2.31. The highest BCUT2D eigenvalue weighted by molar-refractivity contribution is 7.12. The fraction of sp³-hybridized carbons (Fsp3) is 0.421. The summed E-state index contributed by atoms with van der Waals surface area (Å²) in [7, 11) is 0. The number of pyridine rings is 1. The van der Waals surface area contributed by atoms with Gasteiger partial charge in [0.25, 0.3) is 5.91 Å². The second kappa shape index (κ2) is 7.45. The molecule has 1 saturated carbocycles. The summed E-state index contributed by atoms with van der Waals surface area (Å²) in [4.78, 5) is 33.8. The molecule has 1 aliphatic heterocycles. The average molecular weight is 370 g/mol. The van der Waals surface area contributed by atoms with E-state index in [1.165, 1.54) is 11.3 Å². The quantitative estimate of drug-likeness (QED) is 0.899. The minimum absolute atomic E-state index is 0.112. The van der Waals surface area contributed by atoms with Crippen LogP contribution in [0.3, 0.4) is 0 Å². The Bertz CT molecular complexity index is 771. The van der Waals surface area contributed by atoms with E-state index in [2.05, 4.69) is 15.2 Å². The molecule has 7 heteroatoms. The van der Waals surface area contributed by atoms with Crippen molar-refractivity contribution in [2.75, 3.05) is 36.4 Å². The maximum Gasteiger partial charge on any atom is 0.265 e. The van der Waals surface area contributed by atoms with Gasteiger partial charge in [0.2, 0.25) is 5.91 Å². The van der Waals surface area contributed by atoms with Crippen molar-refractivity contribution in [3.8, 4) is 0 Å². The summed E-state index contributed by atoms with van der Waals surface area (Å²) in [5.74, 6) is 1.38. The molecule has 0 unspecified atom stereocenters. The smallest absolute Gasteiger partial charge is 0.265 e. The SMILES string of the molecule is O=C(Nc1ccc(N2CCCN(C(=O)C3CC3)CC2)nc1)c1cccs1. The zero-order valence-electron chi connectivity index (χ0n) is 14.6. The normalized spacial score (nSPS) is 17.7. The van der Waals surface area contributed by atoms with Crippen LogP contribution >= 0.6 is 11.3 Å². The number of thiophene rings is 1. The van der Waals surface area contributed by atoms with E-state index < -0.39 is 0 Å². The summed E-state index contributed by atoms with van der Waals surface area (Å²) in [6.07, 6.45) is 4.76. The van der Waals surface area contributed by atoms with Crippen molar-refractivity contribution < 1.29 is 9.59 Å². The first-order valence-corrected chi connectivity index (χ1v) is 9.93. The predicted octanol–water partition coefficient (Wildman–Crippen LogP) is 2.84. The maximum atomic E-state index is 12.3. The van der Waals surface area contributed by atoms with Gasteiger partial charge in [0.15, 0.2) is 0 Å². The van der Waals surface area contributed by atoms with Crippen LogP contribution in [0.25, 0.3) is 0 Å². The molecule has 2 fully saturated rings. The van der Waals surface area contributed by atoms with Gasteiger partial charge >= 0.3 is 0 Å². The number of aromatic nitrogens is 1. The Kier molecular flexibility index (Phi) is 4.88. The summed E-state index contributed by atoms with van der Waals surface area (Å²) >= 11 is 1.41. The second-order valence-corrected chi connectivity index (χ2v) is 7.72. The first-order valence-electron chi connectivity index (χ1n) is 9.05. The second-order valence-electron chi connectivity index (χ2n) is 6.78. The van der Waals surface area contributed by atoms with Crippen molar-refractivity contribution in [1.29, 1.82) is 0 Å². The molecule has 0 spiro atoms. The minimum Gasteiger partial charge on any atom is -0.355 e. The molecule has 1 aliphatic carbocycles. The molecule has 6 nitrogen and oxygen atoms in total. The monoisotopic (exact) mass is 370 g/mol. The van der Waals surface area contributed by atoms with E-state index in [1.807, 2.05) is 28.5 Å². The van der Waals surface area contributed by atoms with Crippen molar-refractivity contribution in [2.45, 2.75) is 19.3 Å². The summed E-state index contributed by atoms with van der Waals surface area (Å²) in [5, 5.41) is 4.75. The third-order valence-electron chi connectivity index (χ3n) is 4.81. The molecular weight excluding hydrogens is 348 g/mol. The van der Waals surface area contributed by atoms with E-state index in [0.717, 1.165) is 51.3 Å². The van der Waals surface area contributed by atoms with Crippen LogP contribution in [0.15, 0.2) is 35.8 Å². The number of rotatable bonds is 4. The van der Waals surface area contributed by atoms with Gasteiger partial charge in [-0.1, -0.05) is 6.07 Å². The van der Waals surface area contributed by atoms with Gasteiger partial charge in [-0.25, -0.2) is 4.98 Å². The number of carbonyl (C=O) groups excluding carboxylic acids is 2. The highest BCUT2D eigenvalue weighted by atomic mass is 32.1. The molecule has 0 atom stereocenters. The summed E-state index contributed by atoms with van der Waals surface area (Å²) < 4.78 is 0. The van der Waals surface area contributed by atoms with Crippen molar-refractivity contribution in [2.24, 2.45) is 5.92 Å². The van der Waals surface area contributed by atoms with Gasteiger partial charge in [0.05, 0.1) is 16.8 Å². The van der Waals surface area contributed by atoms with Crippen molar-refractivity contribution in [1.82, 2.24) is 9.88 Å². The maximum absolute atomic E-state index is 12.3. The number of hydrogen-bond acceptors (Lipinski definition) is 5. The van der Waals surface area contributed by atoms with E-state index in [0.29, 0.717) is 16.5 Å². The number of carbonyl (C=O) groups is 2.